The highest BCUT2D eigenvalue weighted by atomic mass is 32.2. The van der Waals surface area contributed by atoms with Gasteiger partial charge in [-0.05, 0) is 68.3 Å². The highest BCUT2D eigenvalue weighted by molar-refractivity contribution is 8.00. The molecule has 2 amide bonds. The second-order valence-corrected chi connectivity index (χ2v) is 10.5. The van der Waals surface area contributed by atoms with E-state index in [1.54, 1.807) is 37.3 Å². The average molecular weight is 498 g/mol. The summed E-state index contributed by atoms with van der Waals surface area (Å²) in [6, 6.07) is 19.2. The molecule has 34 heavy (non-hydrogen) atoms. The monoisotopic (exact) mass is 497 g/mol. The van der Waals surface area contributed by atoms with Crippen LogP contribution in [0.1, 0.15) is 16.7 Å². The fourth-order valence-electron chi connectivity index (χ4n) is 3.15. The molecule has 178 valence electrons. The van der Waals surface area contributed by atoms with Gasteiger partial charge in [0.25, 0.3) is 10.0 Å². The Morgan fingerprint density at radius 2 is 1.35 bits per heavy atom. The zero-order valence-corrected chi connectivity index (χ0v) is 20.8. The van der Waals surface area contributed by atoms with Crippen molar-refractivity contribution in [2.45, 2.75) is 25.7 Å². The van der Waals surface area contributed by atoms with Crippen molar-refractivity contribution in [1.82, 2.24) is 0 Å². The topological polar surface area (TPSA) is 104 Å². The van der Waals surface area contributed by atoms with Gasteiger partial charge < -0.3 is 10.6 Å². The summed E-state index contributed by atoms with van der Waals surface area (Å²) in [6.07, 6.45) is 0. The lowest BCUT2D eigenvalue weighted by atomic mass is 10.2. The van der Waals surface area contributed by atoms with Crippen LogP contribution in [0.15, 0.2) is 71.6 Å². The van der Waals surface area contributed by atoms with Gasteiger partial charge in [0.1, 0.15) is 0 Å². The van der Waals surface area contributed by atoms with Crippen LogP contribution in [0.25, 0.3) is 0 Å². The smallest absolute Gasteiger partial charge is 0.262 e. The first kappa shape index (κ1) is 25.3. The first-order chi connectivity index (χ1) is 16.1. The highest BCUT2D eigenvalue weighted by Crippen LogP contribution is 2.23. The van der Waals surface area contributed by atoms with Gasteiger partial charge in [-0.25, -0.2) is 8.42 Å². The first-order valence-corrected chi connectivity index (χ1v) is 13.2. The maximum Gasteiger partial charge on any atom is 0.262 e. The van der Waals surface area contributed by atoms with Crippen LogP contribution in [0.2, 0.25) is 0 Å². The average Bonchev–Trinajstić information content (AvgIpc) is 2.76. The normalized spacial score (nSPS) is 11.0. The summed E-state index contributed by atoms with van der Waals surface area (Å²) in [5, 5.41) is 5.48. The van der Waals surface area contributed by atoms with Crippen LogP contribution in [0.4, 0.5) is 17.1 Å². The van der Waals surface area contributed by atoms with Crippen molar-refractivity contribution >= 4 is 50.7 Å². The van der Waals surface area contributed by atoms with E-state index >= 15 is 0 Å². The van der Waals surface area contributed by atoms with Crippen molar-refractivity contribution < 1.29 is 18.0 Å². The second kappa shape index (κ2) is 11.2. The molecule has 0 atom stereocenters. The van der Waals surface area contributed by atoms with E-state index in [0.29, 0.717) is 22.6 Å². The molecule has 0 radical (unpaired) electrons. The number of sulfonamides is 1. The van der Waals surface area contributed by atoms with Gasteiger partial charge in [0.15, 0.2) is 0 Å². The summed E-state index contributed by atoms with van der Waals surface area (Å²) in [5.74, 6) is -0.354. The third-order valence-electron chi connectivity index (χ3n) is 4.83. The van der Waals surface area contributed by atoms with E-state index in [1.807, 2.05) is 44.2 Å². The number of aryl methyl sites for hydroxylation is 3. The van der Waals surface area contributed by atoms with Crippen molar-refractivity contribution in [3.63, 3.8) is 0 Å². The number of anilines is 3. The summed E-state index contributed by atoms with van der Waals surface area (Å²) in [7, 11) is -3.84. The lowest BCUT2D eigenvalue weighted by molar-refractivity contribution is -0.114. The van der Waals surface area contributed by atoms with E-state index in [4.69, 9.17) is 0 Å². The molecule has 0 aliphatic rings. The Hall–Kier alpha value is -3.30. The standard InChI is InChI=1S/C25H27N3O4S2/c1-17-7-10-20(11-8-17)26-24(29)15-33-16-25(30)27-21-12-9-19(3)23(14-21)34(31,32)28-22-6-4-5-18(2)13-22/h4-14,28H,15-16H2,1-3H3,(H,26,29)(H,27,30). The van der Waals surface area contributed by atoms with E-state index in [2.05, 4.69) is 15.4 Å². The third kappa shape index (κ3) is 7.36. The molecule has 0 saturated carbocycles. The van der Waals surface area contributed by atoms with Crippen molar-refractivity contribution in [3.05, 3.63) is 83.4 Å². The Balaban J connectivity index is 1.56. The molecule has 3 N–H and O–H groups in total. The van der Waals surface area contributed by atoms with Gasteiger partial charge in [-0.15, -0.1) is 11.8 Å². The number of thioether (sulfide) groups is 1. The second-order valence-electron chi connectivity index (χ2n) is 7.91. The lowest BCUT2D eigenvalue weighted by Crippen LogP contribution is -2.19. The molecule has 0 spiro atoms. The largest absolute Gasteiger partial charge is 0.325 e. The van der Waals surface area contributed by atoms with Crippen LogP contribution in [-0.4, -0.2) is 31.7 Å². The minimum Gasteiger partial charge on any atom is -0.325 e. The molecule has 0 aromatic heterocycles. The minimum atomic E-state index is -3.84. The van der Waals surface area contributed by atoms with E-state index < -0.39 is 10.0 Å². The van der Waals surface area contributed by atoms with Crippen LogP contribution >= 0.6 is 11.8 Å². The van der Waals surface area contributed by atoms with Crippen molar-refractivity contribution in [2.24, 2.45) is 0 Å². The Labute approximate surface area is 204 Å². The number of carbonyl (C=O) groups is 2. The molecule has 3 rings (SSSR count). The maximum absolute atomic E-state index is 12.9. The van der Waals surface area contributed by atoms with Gasteiger partial charge in [-0.3, -0.25) is 14.3 Å². The van der Waals surface area contributed by atoms with E-state index in [9.17, 15) is 18.0 Å². The Morgan fingerprint density at radius 1 is 0.735 bits per heavy atom. The van der Waals surface area contributed by atoms with Crippen LogP contribution in [-0.2, 0) is 19.6 Å². The van der Waals surface area contributed by atoms with Gasteiger partial charge in [0, 0.05) is 17.1 Å². The number of hydrogen-bond donors (Lipinski definition) is 3. The SMILES string of the molecule is Cc1ccc(NC(=O)CSCC(=O)Nc2ccc(C)c(S(=O)(=O)Nc3cccc(C)c3)c2)cc1. The zero-order valence-electron chi connectivity index (χ0n) is 19.2. The number of amides is 2. The highest BCUT2D eigenvalue weighted by Gasteiger charge is 2.18. The van der Waals surface area contributed by atoms with E-state index in [0.717, 1.165) is 11.1 Å². The fraction of sp³-hybridized carbons (Fsp3) is 0.200. The summed E-state index contributed by atoms with van der Waals surface area (Å²) >= 11 is 1.17. The van der Waals surface area contributed by atoms with Crippen molar-refractivity contribution in [2.75, 3.05) is 26.9 Å². The third-order valence-corrected chi connectivity index (χ3v) is 7.29. The number of hydrogen-bond acceptors (Lipinski definition) is 5. The molecule has 7 nitrogen and oxygen atoms in total. The molecule has 0 heterocycles. The molecule has 3 aromatic rings. The zero-order chi connectivity index (χ0) is 24.7. The Kier molecular flexibility index (Phi) is 8.36. The van der Waals surface area contributed by atoms with Gasteiger partial charge in [-0.1, -0.05) is 35.9 Å². The molecule has 0 saturated heterocycles. The summed E-state index contributed by atoms with van der Waals surface area (Å²) in [5.41, 5.74) is 4.12. The summed E-state index contributed by atoms with van der Waals surface area (Å²) in [6.45, 7) is 5.54. The number of benzene rings is 3. The lowest BCUT2D eigenvalue weighted by Gasteiger charge is -2.13. The van der Waals surface area contributed by atoms with Crippen LogP contribution in [0, 0.1) is 20.8 Å². The van der Waals surface area contributed by atoms with Gasteiger partial charge in [-0.2, -0.15) is 0 Å². The molecule has 0 unspecified atom stereocenters. The van der Waals surface area contributed by atoms with Crippen LogP contribution < -0.4 is 15.4 Å². The number of carbonyl (C=O) groups excluding carboxylic acids is 2. The Bertz CT molecular complexity index is 1290. The number of nitrogens with one attached hydrogen (secondary N) is 3. The molecule has 0 bridgehead atoms. The molecule has 3 aromatic carbocycles. The maximum atomic E-state index is 12.9. The fourth-order valence-corrected chi connectivity index (χ4v) is 5.09. The minimum absolute atomic E-state index is 0.0544. The Morgan fingerprint density at radius 3 is 2.00 bits per heavy atom. The van der Waals surface area contributed by atoms with E-state index in [1.165, 1.54) is 17.8 Å². The van der Waals surface area contributed by atoms with Gasteiger partial charge in [0.2, 0.25) is 11.8 Å². The molecular weight excluding hydrogens is 470 g/mol. The molecule has 0 aliphatic heterocycles. The van der Waals surface area contributed by atoms with Crippen molar-refractivity contribution in [1.29, 1.82) is 0 Å². The number of rotatable bonds is 9. The van der Waals surface area contributed by atoms with Crippen LogP contribution in [0.5, 0.6) is 0 Å². The van der Waals surface area contributed by atoms with Gasteiger partial charge >= 0.3 is 0 Å². The molecule has 0 aliphatic carbocycles. The molecule has 0 fully saturated rings. The molecular formula is C25H27N3O4S2. The van der Waals surface area contributed by atoms with Gasteiger partial charge in [0.05, 0.1) is 16.4 Å². The van der Waals surface area contributed by atoms with Crippen molar-refractivity contribution in [3.8, 4) is 0 Å². The van der Waals surface area contributed by atoms with E-state index in [-0.39, 0.29) is 28.2 Å². The predicted octanol–water partition coefficient (Wildman–Crippen LogP) is 4.72. The summed E-state index contributed by atoms with van der Waals surface area (Å²) < 4.78 is 28.4. The molecule has 9 heteroatoms. The summed E-state index contributed by atoms with van der Waals surface area (Å²) in [4.78, 5) is 24.5. The first-order valence-electron chi connectivity index (χ1n) is 10.6. The predicted molar refractivity (Wildman–Crippen MR) is 139 cm³/mol. The van der Waals surface area contributed by atoms with Crippen LogP contribution in [0.3, 0.4) is 0 Å². The quantitative estimate of drug-likeness (QED) is 0.397.